The number of hydrogen-bond donors (Lipinski definition) is 3. The Morgan fingerprint density at radius 3 is 1.73 bits per heavy atom. The minimum Gasteiger partial charge on any atom is -0.387 e. The molecule has 0 saturated heterocycles. The maximum absolute atomic E-state index is 5.65. The van der Waals surface area contributed by atoms with Crippen LogP contribution < -0.4 is 17.2 Å². The summed E-state index contributed by atoms with van der Waals surface area (Å²) in [4.78, 5) is 8.43. The van der Waals surface area contributed by atoms with Gasteiger partial charge >= 0.3 is 0 Å². The summed E-state index contributed by atoms with van der Waals surface area (Å²) in [6.45, 7) is 1.79. The fourth-order valence-electron chi connectivity index (χ4n) is 2.80. The van der Waals surface area contributed by atoms with E-state index in [4.69, 9.17) is 17.2 Å². The average Bonchev–Trinajstić information content (AvgIpc) is 2.44. The van der Waals surface area contributed by atoms with Crippen LogP contribution in [0.4, 0.5) is 11.4 Å². The lowest BCUT2D eigenvalue weighted by Gasteiger charge is -2.20. The van der Waals surface area contributed by atoms with Gasteiger partial charge in [0, 0.05) is 0 Å². The van der Waals surface area contributed by atoms with Crippen LogP contribution in [0.25, 0.3) is 0 Å². The standard InChI is InChI=1S/C17H19N5/c1-10(18)21-15-4-2-11-7-14-9-16(22-17(19)20)5-3-12(14)6-13(11)8-15/h2-5,8-9H,6-7H2,1H3,(H2,18,21)(H4,19,20,22). The molecule has 0 amide bonds. The predicted molar refractivity (Wildman–Crippen MR) is 90.9 cm³/mol. The molecule has 0 atom stereocenters. The van der Waals surface area contributed by atoms with Crippen molar-refractivity contribution in [2.24, 2.45) is 27.2 Å². The number of rotatable bonds is 2. The van der Waals surface area contributed by atoms with Gasteiger partial charge in [-0.1, -0.05) is 12.1 Å². The Morgan fingerprint density at radius 1 is 0.773 bits per heavy atom. The maximum Gasteiger partial charge on any atom is 0.191 e. The first-order chi connectivity index (χ1) is 10.5. The molecule has 6 N–H and O–H groups in total. The number of hydrogen-bond acceptors (Lipinski definition) is 2. The van der Waals surface area contributed by atoms with E-state index in [2.05, 4.69) is 28.2 Å². The minimum absolute atomic E-state index is 0.0795. The van der Waals surface area contributed by atoms with E-state index >= 15 is 0 Å². The van der Waals surface area contributed by atoms with E-state index in [1.165, 1.54) is 22.3 Å². The second-order valence-corrected chi connectivity index (χ2v) is 5.55. The highest BCUT2D eigenvalue weighted by atomic mass is 15.0. The van der Waals surface area contributed by atoms with Gasteiger partial charge in [0.25, 0.3) is 0 Å². The van der Waals surface area contributed by atoms with E-state index in [-0.39, 0.29) is 5.96 Å². The molecular weight excluding hydrogens is 274 g/mol. The van der Waals surface area contributed by atoms with Crippen molar-refractivity contribution in [3.05, 3.63) is 58.7 Å². The molecule has 0 aliphatic heterocycles. The van der Waals surface area contributed by atoms with Gasteiger partial charge in [0.15, 0.2) is 5.96 Å². The first-order valence-electron chi connectivity index (χ1n) is 7.15. The van der Waals surface area contributed by atoms with Gasteiger partial charge in [-0.3, -0.25) is 0 Å². The molecule has 3 rings (SSSR count). The van der Waals surface area contributed by atoms with Gasteiger partial charge in [0.05, 0.1) is 17.2 Å². The van der Waals surface area contributed by atoms with Crippen molar-refractivity contribution < 1.29 is 0 Å². The first-order valence-corrected chi connectivity index (χ1v) is 7.15. The quantitative estimate of drug-likeness (QED) is 0.498. The molecule has 1 aliphatic rings. The summed E-state index contributed by atoms with van der Waals surface area (Å²) in [6.07, 6.45) is 1.77. The summed E-state index contributed by atoms with van der Waals surface area (Å²) in [6, 6.07) is 12.3. The van der Waals surface area contributed by atoms with Crippen molar-refractivity contribution in [1.82, 2.24) is 0 Å². The van der Waals surface area contributed by atoms with Crippen LogP contribution >= 0.6 is 0 Å². The Balaban J connectivity index is 1.95. The van der Waals surface area contributed by atoms with E-state index in [1.807, 2.05) is 18.2 Å². The molecule has 0 heterocycles. The summed E-state index contributed by atoms with van der Waals surface area (Å²) in [7, 11) is 0. The fraction of sp³-hybridized carbons (Fsp3) is 0.176. The summed E-state index contributed by atoms with van der Waals surface area (Å²) in [5.74, 6) is 0.647. The molecule has 0 spiro atoms. The van der Waals surface area contributed by atoms with Gasteiger partial charge in [0.2, 0.25) is 0 Å². The molecule has 0 aromatic heterocycles. The zero-order valence-corrected chi connectivity index (χ0v) is 12.5. The second kappa shape index (κ2) is 5.52. The molecule has 2 aromatic rings. The van der Waals surface area contributed by atoms with Crippen molar-refractivity contribution >= 4 is 23.2 Å². The number of guanidine groups is 1. The lowest BCUT2D eigenvalue weighted by atomic mass is 9.85. The third-order valence-electron chi connectivity index (χ3n) is 3.71. The highest BCUT2D eigenvalue weighted by Crippen LogP contribution is 2.31. The summed E-state index contributed by atoms with van der Waals surface area (Å²) >= 11 is 0. The SMILES string of the molecule is CC(N)=Nc1ccc2c(c1)Cc1ccc(N=C(N)N)cc1C2. The fourth-order valence-corrected chi connectivity index (χ4v) is 2.80. The number of amidine groups is 1. The van der Waals surface area contributed by atoms with E-state index in [0.717, 1.165) is 24.2 Å². The molecule has 22 heavy (non-hydrogen) atoms. The number of nitrogens with zero attached hydrogens (tertiary/aromatic N) is 2. The monoisotopic (exact) mass is 293 g/mol. The largest absolute Gasteiger partial charge is 0.387 e. The molecule has 5 heteroatoms. The van der Waals surface area contributed by atoms with E-state index in [9.17, 15) is 0 Å². The van der Waals surface area contributed by atoms with Crippen molar-refractivity contribution in [3.63, 3.8) is 0 Å². The third-order valence-corrected chi connectivity index (χ3v) is 3.71. The molecule has 2 aromatic carbocycles. The number of nitrogens with two attached hydrogens (primary N) is 3. The van der Waals surface area contributed by atoms with Gasteiger partial charge < -0.3 is 17.2 Å². The zero-order valence-electron chi connectivity index (χ0n) is 12.5. The molecule has 0 bridgehead atoms. The van der Waals surface area contributed by atoms with Crippen LogP contribution in [0.5, 0.6) is 0 Å². The molecule has 0 unspecified atom stereocenters. The number of fused-ring (bicyclic) bond motifs is 2. The van der Waals surface area contributed by atoms with Crippen LogP contribution in [0, 0.1) is 0 Å². The highest BCUT2D eigenvalue weighted by Gasteiger charge is 2.16. The van der Waals surface area contributed by atoms with Crippen LogP contribution in [-0.2, 0) is 12.8 Å². The van der Waals surface area contributed by atoms with Gasteiger partial charge in [-0.15, -0.1) is 0 Å². The van der Waals surface area contributed by atoms with Gasteiger partial charge in [0.1, 0.15) is 0 Å². The van der Waals surface area contributed by atoms with Crippen molar-refractivity contribution in [2.45, 2.75) is 19.8 Å². The number of benzene rings is 2. The Morgan fingerprint density at radius 2 is 1.27 bits per heavy atom. The van der Waals surface area contributed by atoms with Crippen molar-refractivity contribution in [2.75, 3.05) is 0 Å². The lowest BCUT2D eigenvalue weighted by Crippen LogP contribution is -2.21. The summed E-state index contributed by atoms with van der Waals surface area (Å²) < 4.78 is 0. The topological polar surface area (TPSA) is 103 Å². The van der Waals surface area contributed by atoms with Crippen LogP contribution in [0.3, 0.4) is 0 Å². The van der Waals surface area contributed by atoms with E-state index < -0.39 is 0 Å². The van der Waals surface area contributed by atoms with Crippen molar-refractivity contribution in [1.29, 1.82) is 0 Å². The van der Waals surface area contributed by atoms with Crippen LogP contribution in [0.1, 0.15) is 29.2 Å². The van der Waals surface area contributed by atoms with E-state index in [1.54, 1.807) is 6.92 Å². The van der Waals surface area contributed by atoms with E-state index in [0.29, 0.717) is 5.84 Å². The predicted octanol–water partition coefficient (Wildman–Crippen LogP) is 2.10. The minimum atomic E-state index is 0.0795. The molecule has 1 aliphatic carbocycles. The molecule has 112 valence electrons. The van der Waals surface area contributed by atoms with Gasteiger partial charge in [-0.25, -0.2) is 9.98 Å². The van der Waals surface area contributed by atoms with Crippen LogP contribution in [0.2, 0.25) is 0 Å². The summed E-state index contributed by atoms with van der Waals surface area (Å²) in [5.41, 5.74) is 23.4. The average molecular weight is 293 g/mol. The molecular formula is C17H19N5. The number of aliphatic imine (C=N–C) groups is 2. The van der Waals surface area contributed by atoms with Crippen LogP contribution in [-0.4, -0.2) is 11.8 Å². The zero-order chi connectivity index (χ0) is 15.7. The lowest BCUT2D eigenvalue weighted by molar-refractivity contribution is 1.00. The Bertz CT molecular complexity index is 714. The third kappa shape index (κ3) is 2.93. The highest BCUT2D eigenvalue weighted by molar-refractivity contribution is 5.81. The molecule has 0 fully saturated rings. The van der Waals surface area contributed by atoms with Crippen LogP contribution in [0.15, 0.2) is 46.4 Å². The normalized spacial score (nSPS) is 13.2. The van der Waals surface area contributed by atoms with Gasteiger partial charge in [-0.05, 0) is 66.3 Å². The first kappa shape index (κ1) is 14.1. The molecule has 0 saturated carbocycles. The van der Waals surface area contributed by atoms with Crippen molar-refractivity contribution in [3.8, 4) is 0 Å². The Kier molecular flexibility index (Phi) is 3.55. The maximum atomic E-state index is 5.65. The molecule has 5 nitrogen and oxygen atoms in total. The Labute approximate surface area is 129 Å². The summed E-state index contributed by atoms with van der Waals surface area (Å²) in [5, 5.41) is 0. The Hall–Kier alpha value is -2.82. The smallest absolute Gasteiger partial charge is 0.191 e. The molecule has 0 radical (unpaired) electrons. The van der Waals surface area contributed by atoms with Gasteiger partial charge in [-0.2, -0.15) is 0 Å². The second-order valence-electron chi connectivity index (χ2n) is 5.55.